The van der Waals surface area contributed by atoms with Crippen LogP contribution in [0.4, 0.5) is 0 Å². The van der Waals surface area contributed by atoms with Crippen LogP contribution < -0.4 is 5.73 Å². The minimum Gasteiger partial charge on any atom is -0.339 e. The highest BCUT2D eigenvalue weighted by Crippen LogP contribution is 2.41. The zero-order chi connectivity index (χ0) is 14.0. The number of carbonyl (C=O) groups excluding carboxylic acids is 1. The van der Waals surface area contributed by atoms with Gasteiger partial charge in [0.15, 0.2) is 0 Å². The number of rotatable bonds is 2. The molecule has 0 aromatic carbocycles. The van der Waals surface area contributed by atoms with Gasteiger partial charge in [-0.1, -0.05) is 13.8 Å². The summed E-state index contributed by atoms with van der Waals surface area (Å²) in [6.45, 7) is 8.19. The van der Waals surface area contributed by atoms with Crippen LogP contribution in [0.15, 0.2) is 0 Å². The van der Waals surface area contributed by atoms with Crippen molar-refractivity contribution < 1.29 is 4.79 Å². The smallest absolute Gasteiger partial charge is 0.230 e. The molecule has 1 saturated heterocycles. The molecule has 19 heavy (non-hydrogen) atoms. The molecule has 1 amide bonds. The van der Waals surface area contributed by atoms with Crippen molar-refractivity contribution in [1.82, 2.24) is 4.90 Å². The van der Waals surface area contributed by atoms with E-state index in [0.717, 1.165) is 44.6 Å². The molecule has 1 aliphatic carbocycles. The molecule has 2 rings (SSSR count). The van der Waals surface area contributed by atoms with Crippen molar-refractivity contribution in [3.8, 4) is 0 Å². The summed E-state index contributed by atoms with van der Waals surface area (Å²) in [4.78, 5) is 15.2. The van der Waals surface area contributed by atoms with Gasteiger partial charge in [-0.15, -0.1) is 0 Å². The van der Waals surface area contributed by atoms with Gasteiger partial charge in [-0.05, 0) is 57.3 Å². The van der Waals surface area contributed by atoms with E-state index in [9.17, 15) is 4.79 Å². The average molecular weight is 266 g/mol. The van der Waals surface area contributed by atoms with Crippen LogP contribution in [0.2, 0.25) is 0 Å². The minimum absolute atomic E-state index is 0.252. The summed E-state index contributed by atoms with van der Waals surface area (Å²) in [6, 6.07) is 0.395. The fourth-order valence-electron chi connectivity index (χ4n) is 3.70. The van der Waals surface area contributed by atoms with Gasteiger partial charge in [-0.25, -0.2) is 0 Å². The van der Waals surface area contributed by atoms with Crippen LogP contribution >= 0.6 is 0 Å². The lowest BCUT2D eigenvalue weighted by atomic mass is 9.69. The molecule has 2 N–H and O–H groups in total. The van der Waals surface area contributed by atoms with Crippen molar-refractivity contribution in [2.75, 3.05) is 13.1 Å². The van der Waals surface area contributed by atoms with Gasteiger partial charge in [0.25, 0.3) is 0 Å². The highest BCUT2D eigenvalue weighted by atomic mass is 16.2. The summed E-state index contributed by atoms with van der Waals surface area (Å²) in [6.07, 6.45) is 6.67. The van der Waals surface area contributed by atoms with Crippen molar-refractivity contribution in [2.24, 2.45) is 23.0 Å². The van der Waals surface area contributed by atoms with Gasteiger partial charge in [0.1, 0.15) is 0 Å². The van der Waals surface area contributed by atoms with Crippen molar-refractivity contribution >= 4 is 5.91 Å². The number of piperidine rings is 1. The molecule has 0 spiro atoms. The van der Waals surface area contributed by atoms with E-state index in [1.54, 1.807) is 0 Å². The molecule has 2 atom stereocenters. The highest BCUT2D eigenvalue weighted by Gasteiger charge is 2.44. The van der Waals surface area contributed by atoms with E-state index in [2.05, 4.69) is 25.7 Å². The maximum absolute atomic E-state index is 13.0. The van der Waals surface area contributed by atoms with Crippen LogP contribution in [0.1, 0.15) is 59.3 Å². The fraction of sp³-hybridized carbons (Fsp3) is 0.938. The first-order valence-corrected chi connectivity index (χ1v) is 7.99. The van der Waals surface area contributed by atoms with Crippen molar-refractivity contribution in [3.63, 3.8) is 0 Å². The van der Waals surface area contributed by atoms with E-state index in [4.69, 9.17) is 5.73 Å². The molecule has 110 valence electrons. The molecular formula is C16H30N2O. The fourth-order valence-corrected chi connectivity index (χ4v) is 3.70. The molecular weight excluding hydrogens is 236 g/mol. The SMILES string of the molecule is CC1CCC(CN)(C(=O)N2CC(C)CCC2C)CC1. The Morgan fingerprint density at radius 3 is 2.32 bits per heavy atom. The molecule has 1 heterocycles. The Bertz CT molecular complexity index is 321. The minimum atomic E-state index is -0.252. The van der Waals surface area contributed by atoms with E-state index >= 15 is 0 Å². The molecule has 2 unspecified atom stereocenters. The van der Waals surface area contributed by atoms with Crippen LogP contribution in [-0.4, -0.2) is 29.9 Å². The Labute approximate surface area is 117 Å². The molecule has 0 radical (unpaired) electrons. The van der Waals surface area contributed by atoms with Crippen molar-refractivity contribution in [1.29, 1.82) is 0 Å². The molecule has 1 aliphatic heterocycles. The van der Waals surface area contributed by atoms with Gasteiger partial charge in [-0.2, -0.15) is 0 Å². The molecule has 3 nitrogen and oxygen atoms in total. The van der Waals surface area contributed by atoms with Gasteiger partial charge in [0.2, 0.25) is 5.91 Å². The Morgan fingerprint density at radius 2 is 1.74 bits per heavy atom. The maximum Gasteiger partial charge on any atom is 0.230 e. The third-order valence-electron chi connectivity index (χ3n) is 5.45. The predicted molar refractivity (Wildman–Crippen MR) is 78.7 cm³/mol. The van der Waals surface area contributed by atoms with Gasteiger partial charge < -0.3 is 10.6 Å². The summed E-state index contributed by atoms with van der Waals surface area (Å²) in [5, 5.41) is 0. The van der Waals surface area contributed by atoms with E-state index in [-0.39, 0.29) is 5.41 Å². The van der Waals surface area contributed by atoms with Gasteiger partial charge >= 0.3 is 0 Å². The van der Waals surface area contributed by atoms with Crippen molar-refractivity contribution in [3.05, 3.63) is 0 Å². The van der Waals surface area contributed by atoms with Crippen LogP contribution in [0.5, 0.6) is 0 Å². The maximum atomic E-state index is 13.0. The number of hydrogen-bond acceptors (Lipinski definition) is 2. The molecule has 3 heteroatoms. The molecule has 0 aromatic rings. The third kappa shape index (κ3) is 2.96. The summed E-state index contributed by atoms with van der Waals surface area (Å²) in [5.41, 5.74) is 5.77. The summed E-state index contributed by atoms with van der Waals surface area (Å²) < 4.78 is 0. The average Bonchev–Trinajstić information content (AvgIpc) is 2.42. The molecule has 0 aromatic heterocycles. The molecule has 2 aliphatic rings. The zero-order valence-electron chi connectivity index (χ0n) is 12.8. The van der Waals surface area contributed by atoms with E-state index in [1.165, 1.54) is 6.42 Å². The number of nitrogens with zero attached hydrogens (tertiary/aromatic N) is 1. The van der Waals surface area contributed by atoms with Crippen LogP contribution in [0, 0.1) is 17.3 Å². The normalized spacial score (nSPS) is 40.2. The van der Waals surface area contributed by atoms with E-state index < -0.39 is 0 Å². The van der Waals surface area contributed by atoms with Gasteiger partial charge in [0.05, 0.1) is 5.41 Å². The zero-order valence-corrected chi connectivity index (χ0v) is 12.8. The van der Waals surface area contributed by atoms with Crippen LogP contribution in [-0.2, 0) is 4.79 Å². The Morgan fingerprint density at radius 1 is 1.11 bits per heavy atom. The first-order chi connectivity index (χ1) is 8.98. The predicted octanol–water partition coefficient (Wildman–Crippen LogP) is 2.79. The first-order valence-electron chi connectivity index (χ1n) is 7.99. The molecule has 2 fully saturated rings. The second-order valence-corrected chi connectivity index (χ2v) is 7.16. The second-order valence-electron chi connectivity index (χ2n) is 7.16. The summed E-state index contributed by atoms with van der Waals surface area (Å²) in [5.74, 6) is 1.74. The molecule has 0 bridgehead atoms. The third-order valence-corrected chi connectivity index (χ3v) is 5.45. The van der Waals surface area contributed by atoms with Crippen LogP contribution in [0.3, 0.4) is 0 Å². The van der Waals surface area contributed by atoms with E-state index in [0.29, 0.717) is 24.4 Å². The lowest BCUT2D eigenvalue weighted by Gasteiger charge is -2.45. The first kappa shape index (κ1) is 14.8. The summed E-state index contributed by atoms with van der Waals surface area (Å²) in [7, 11) is 0. The number of carbonyl (C=O) groups is 1. The van der Waals surface area contributed by atoms with Gasteiger partial charge in [-0.3, -0.25) is 4.79 Å². The molecule has 1 saturated carbocycles. The quantitative estimate of drug-likeness (QED) is 0.835. The number of nitrogens with two attached hydrogens (primary N) is 1. The number of hydrogen-bond donors (Lipinski definition) is 1. The van der Waals surface area contributed by atoms with Gasteiger partial charge in [0, 0.05) is 19.1 Å². The number of amides is 1. The second kappa shape index (κ2) is 5.82. The lowest BCUT2D eigenvalue weighted by molar-refractivity contribution is -0.148. The largest absolute Gasteiger partial charge is 0.339 e. The van der Waals surface area contributed by atoms with Crippen LogP contribution in [0.25, 0.3) is 0 Å². The topological polar surface area (TPSA) is 46.3 Å². The Balaban J connectivity index is 2.11. The lowest BCUT2D eigenvalue weighted by Crippen LogP contribution is -2.54. The number of likely N-dealkylation sites (tertiary alicyclic amines) is 1. The van der Waals surface area contributed by atoms with E-state index in [1.807, 2.05) is 0 Å². The summed E-state index contributed by atoms with van der Waals surface area (Å²) >= 11 is 0. The Hall–Kier alpha value is -0.570. The highest BCUT2D eigenvalue weighted by molar-refractivity contribution is 5.83. The van der Waals surface area contributed by atoms with Crippen molar-refractivity contribution in [2.45, 2.75) is 65.3 Å². The standard InChI is InChI=1S/C16H30N2O/c1-12-6-8-16(11-17,9-7-12)15(19)18-10-13(2)4-5-14(18)3/h12-14H,4-11,17H2,1-3H3. The monoisotopic (exact) mass is 266 g/mol. The Kier molecular flexibility index (Phi) is 4.54.